The zero-order chi connectivity index (χ0) is 26.7. The molecule has 4 rings (SSSR count). The van der Waals surface area contributed by atoms with Crippen LogP contribution in [0.5, 0.6) is 5.75 Å². The molecule has 0 saturated carbocycles. The Morgan fingerprint density at radius 1 is 1.25 bits per heavy atom. The molecule has 0 spiro atoms. The van der Waals surface area contributed by atoms with Crippen molar-refractivity contribution in [2.45, 2.75) is 44.6 Å². The summed E-state index contributed by atoms with van der Waals surface area (Å²) in [6, 6.07) is 3.29. The molecule has 1 aliphatic heterocycles. The number of ether oxygens (including phenoxy) is 2. The van der Waals surface area contributed by atoms with Gasteiger partial charge in [0.2, 0.25) is 5.82 Å². The molecule has 3 heterocycles. The molecule has 1 amide bonds. The highest BCUT2D eigenvalue weighted by Crippen LogP contribution is 2.59. The molecular formula is C24H22F5N3O4. The van der Waals surface area contributed by atoms with E-state index in [1.807, 2.05) is 0 Å². The first-order valence-corrected chi connectivity index (χ1v) is 10.8. The average molecular weight is 511 g/mol. The number of amides is 1. The standard InChI is InChI=1S/C24H22F5N3O4/c1-9-17(32-13-7-8-31-18(22(30)34)15(13)19(9)33)21-14(10(2)23(3,36-21)24(27,28)29)11-5-6-12(25)16(26)20(11)35-4/h5-8,10,14,21H,1-4H3,(H2,30,34)(H,32,33)/t10-,14-,21+,23+/m0/s1. The highest BCUT2D eigenvalue weighted by molar-refractivity contribution is 6.03. The largest absolute Gasteiger partial charge is 0.493 e. The van der Waals surface area contributed by atoms with Gasteiger partial charge in [-0.1, -0.05) is 13.0 Å². The maximum absolute atomic E-state index is 14.6. The monoisotopic (exact) mass is 511 g/mol. The van der Waals surface area contributed by atoms with Crippen LogP contribution in [-0.4, -0.2) is 34.8 Å². The second kappa shape index (κ2) is 8.54. The number of nitrogens with two attached hydrogens (primary N) is 1. The van der Waals surface area contributed by atoms with Gasteiger partial charge in [0.25, 0.3) is 5.91 Å². The summed E-state index contributed by atoms with van der Waals surface area (Å²) >= 11 is 0. The highest BCUT2D eigenvalue weighted by atomic mass is 19.4. The molecule has 0 aliphatic carbocycles. The first-order chi connectivity index (χ1) is 16.7. The molecule has 1 aliphatic rings. The van der Waals surface area contributed by atoms with Gasteiger partial charge in [-0.3, -0.25) is 14.6 Å². The van der Waals surface area contributed by atoms with Crippen molar-refractivity contribution in [1.82, 2.24) is 9.97 Å². The fraction of sp³-hybridized carbons (Fsp3) is 0.375. The van der Waals surface area contributed by atoms with E-state index in [9.17, 15) is 31.5 Å². The molecule has 7 nitrogen and oxygen atoms in total. The SMILES string of the molecule is COc1c([C@H]2[C@H](c3[nH]c4ccnc(C(N)=O)c4c(=O)c3C)O[C@@](C)(C(F)(F)F)[C@H]2C)ccc(F)c1F. The molecule has 192 valence electrons. The summed E-state index contributed by atoms with van der Waals surface area (Å²) < 4.78 is 82.0. The lowest BCUT2D eigenvalue weighted by Crippen LogP contribution is -2.46. The normalized spacial score (nSPS) is 24.3. The molecule has 12 heteroatoms. The molecule has 1 aromatic carbocycles. The Hall–Kier alpha value is -3.54. The van der Waals surface area contributed by atoms with Gasteiger partial charge in [-0.2, -0.15) is 17.6 Å². The van der Waals surface area contributed by atoms with E-state index in [-0.39, 0.29) is 33.4 Å². The van der Waals surface area contributed by atoms with Gasteiger partial charge in [-0.05, 0) is 26.0 Å². The second-order valence-corrected chi connectivity index (χ2v) is 8.88. The van der Waals surface area contributed by atoms with Gasteiger partial charge in [-0.25, -0.2) is 4.39 Å². The van der Waals surface area contributed by atoms with Crippen molar-refractivity contribution >= 4 is 16.8 Å². The molecule has 2 aromatic heterocycles. The Morgan fingerprint density at radius 3 is 2.50 bits per heavy atom. The van der Waals surface area contributed by atoms with Crippen LogP contribution in [0.3, 0.4) is 0 Å². The van der Waals surface area contributed by atoms with Crippen LogP contribution in [0.4, 0.5) is 22.0 Å². The van der Waals surface area contributed by atoms with Crippen molar-refractivity contribution in [2.24, 2.45) is 11.7 Å². The van der Waals surface area contributed by atoms with Crippen LogP contribution in [-0.2, 0) is 4.74 Å². The van der Waals surface area contributed by atoms with Crippen LogP contribution in [0.15, 0.2) is 29.2 Å². The molecule has 36 heavy (non-hydrogen) atoms. The van der Waals surface area contributed by atoms with E-state index in [4.69, 9.17) is 15.2 Å². The topological polar surface area (TPSA) is 107 Å². The average Bonchev–Trinajstić information content (AvgIpc) is 3.08. The maximum Gasteiger partial charge on any atom is 0.417 e. The molecule has 1 saturated heterocycles. The van der Waals surface area contributed by atoms with Gasteiger partial charge in [0.15, 0.2) is 22.6 Å². The van der Waals surface area contributed by atoms with Crippen molar-refractivity contribution in [1.29, 1.82) is 0 Å². The molecule has 0 bridgehead atoms. The molecule has 4 atom stereocenters. The number of hydrogen-bond donors (Lipinski definition) is 2. The van der Waals surface area contributed by atoms with Gasteiger partial charge in [0, 0.05) is 29.2 Å². The van der Waals surface area contributed by atoms with Gasteiger partial charge < -0.3 is 20.2 Å². The van der Waals surface area contributed by atoms with Gasteiger partial charge in [0.05, 0.1) is 23.7 Å². The first-order valence-electron chi connectivity index (χ1n) is 10.8. The van der Waals surface area contributed by atoms with E-state index < -0.39 is 58.4 Å². The van der Waals surface area contributed by atoms with Gasteiger partial charge in [0.1, 0.15) is 11.8 Å². The van der Waals surface area contributed by atoms with Crippen LogP contribution in [0.1, 0.15) is 53.2 Å². The Balaban J connectivity index is 2.03. The lowest BCUT2D eigenvalue weighted by molar-refractivity contribution is -0.275. The third-order valence-electron chi connectivity index (χ3n) is 7.02. The van der Waals surface area contributed by atoms with E-state index in [2.05, 4.69) is 9.97 Å². The summed E-state index contributed by atoms with van der Waals surface area (Å²) in [6.45, 7) is 3.49. The number of methoxy groups -OCH3 is 1. The maximum atomic E-state index is 14.6. The number of aromatic amines is 1. The Labute approximate surface area is 201 Å². The van der Waals surface area contributed by atoms with E-state index in [0.29, 0.717) is 0 Å². The van der Waals surface area contributed by atoms with Crippen molar-refractivity contribution in [2.75, 3.05) is 7.11 Å². The van der Waals surface area contributed by atoms with E-state index in [1.165, 1.54) is 26.1 Å². The molecule has 3 aromatic rings. The van der Waals surface area contributed by atoms with Crippen LogP contribution >= 0.6 is 0 Å². The van der Waals surface area contributed by atoms with E-state index in [0.717, 1.165) is 26.2 Å². The minimum Gasteiger partial charge on any atom is -0.493 e. The summed E-state index contributed by atoms with van der Waals surface area (Å²) in [5.74, 6) is -6.66. The number of aromatic nitrogens is 2. The molecule has 1 fully saturated rings. The summed E-state index contributed by atoms with van der Waals surface area (Å²) in [5, 5.41) is -0.127. The Morgan fingerprint density at radius 2 is 1.92 bits per heavy atom. The van der Waals surface area contributed by atoms with Crippen molar-refractivity contribution < 1.29 is 36.2 Å². The number of primary amides is 1. The summed E-state index contributed by atoms with van der Waals surface area (Å²) in [4.78, 5) is 31.8. The number of pyridine rings is 2. The Bertz CT molecular complexity index is 1440. The van der Waals surface area contributed by atoms with Crippen molar-refractivity contribution in [3.05, 3.63) is 68.8 Å². The number of fused-ring (bicyclic) bond motifs is 1. The van der Waals surface area contributed by atoms with Crippen LogP contribution in [0.25, 0.3) is 10.9 Å². The molecule has 0 unspecified atom stereocenters. The van der Waals surface area contributed by atoms with E-state index in [1.54, 1.807) is 0 Å². The third-order valence-corrected chi connectivity index (χ3v) is 7.02. The van der Waals surface area contributed by atoms with Crippen LogP contribution in [0.2, 0.25) is 0 Å². The van der Waals surface area contributed by atoms with Crippen LogP contribution in [0, 0.1) is 24.5 Å². The number of carbonyl (C=O) groups is 1. The fourth-order valence-electron chi connectivity index (χ4n) is 4.88. The highest BCUT2D eigenvalue weighted by Gasteiger charge is 2.65. The second-order valence-electron chi connectivity index (χ2n) is 8.88. The third kappa shape index (κ3) is 3.62. The van der Waals surface area contributed by atoms with Crippen molar-refractivity contribution in [3.63, 3.8) is 0 Å². The Kier molecular flexibility index (Phi) is 6.06. The lowest BCUT2D eigenvalue weighted by Gasteiger charge is -2.32. The number of alkyl halides is 3. The minimum absolute atomic E-state index is 0.0225. The summed E-state index contributed by atoms with van der Waals surface area (Å²) in [5.41, 5.74) is 1.59. The van der Waals surface area contributed by atoms with Gasteiger partial charge in [-0.15, -0.1) is 0 Å². The van der Waals surface area contributed by atoms with Gasteiger partial charge >= 0.3 is 6.18 Å². The molecule has 3 N–H and O–H groups in total. The van der Waals surface area contributed by atoms with Crippen LogP contribution < -0.4 is 15.9 Å². The number of benzene rings is 1. The quantitative estimate of drug-likeness (QED) is 0.504. The number of nitrogens with one attached hydrogen (secondary N) is 1. The number of H-pyrrole nitrogens is 1. The summed E-state index contributed by atoms with van der Waals surface area (Å²) in [7, 11) is 1.07. The zero-order valence-corrected chi connectivity index (χ0v) is 19.6. The minimum atomic E-state index is -4.85. The summed E-state index contributed by atoms with van der Waals surface area (Å²) in [6.07, 6.45) is -5.09. The number of carbonyl (C=O) groups excluding carboxylic acids is 1. The first kappa shape index (κ1) is 25.5. The number of nitrogens with zero attached hydrogens (tertiary/aromatic N) is 1. The number of rotatable bonds is 4. The predicted molar refractivity (Wildman–Crippen MR) is 119 cm³/mol. The smallest absolute Gasteiger partial charge is 0.417 e. The fourth-order valence-corrected chi connectivity index (χ4v) is 4.88. The van der Waals surface area contributed by atoms with E-state index >= 15 is 0 Å². The lowest BCUT2D eigenvalue weighted by atomic mass is 9.76. The van der Waals surface area contributed by atoms with Crippen molar-refractivity contribution in [3.8, 4) is 5.75 Å². The predicted octanol–water partition coefficient (Wildman–Crippen LogP) is 4.43. The number of hydrogen-bond acceptors (Lipinski definition) is 5. The molecule has 0 radical (unpaired) electrons. The number of halogens is 5. The zero-order valence-electron chi connectivity index (χ0n) is 19.6. The molecular weight excluding hydrogens is 489 g/mol.